The lowest BCUT2D eigenvalue weighted by Crippen LogP contribution is -1.95. The Labute approximate surface area is 93.0 Å². The summed E-state index contributed by atoms with van der Waals surface area (Å²) in [6.07, 6.45) is 1.65. The Hall–Kier alpha value is -1.18. The molecule has 0 radical (unpaired) electrons. The molecule has 0 aliphatic rings. The van der Waals surface area contributed by atoms with Gasteiger partial charge in [0.2, 0.25) is 5.65 Å². The predicted molar refractivity (Wildman–Crippen MR) is 59.6 cm³/mol. The van der Waals surface area contributed by atoms with Crippen molar-refractivity contribution in [3.05, 3.63) is 40.2 Å². The Kier molecular flexibility index (Phi) is 2.36. The number of imidazole rings is 1. The summed E-state index contributed by atoms with van der Waals surface area (Å²) in [7, 11) is 0. The zero-order valence-corrected chi connectivity index (χ0v) is 9.21. The largest absolute Gasteiger partial charge is 0.358 e. The number of rotatable bonds is 2. The monoisotopic (exact) mass is 303 g/mol. The van der Waals surface area contributed by atoms with Crippen LogP contribution in [0.1, 0.15) is 5.69 Å². The lowest BCUT2D eigenvalue weighted by molar-refractivity contribution is -0.390. The quantitative estimate of drug-likeness (QED) is 0.370. The van der Waals surface area contributed by atoms with Gasteiger partial charge in [-0.15, -0.1) is 0 Å². The minimum atomic E-state index is -0.395. The lowest BCUT2D eigenvalue weighted by atomic mass is 10.5. The first-order chi connectivity index (χ1) is 6.74. The van der Waals surface area contributed by atoms with Gasteiger partial charge in [0, 0.05) is 6.07 Å². The standard InChI is InChI=1S/C8H6IN3O2/c9-5-6-8(12(13)14)11-4-2-1-3-7(11)10-6/h1-4H,5H2. The summed E-state index contributed by atoms with van der Waals surface area (Å²) < 4.78 is 2.03. The molecule has 0 aromatic carbocycles. The Bertz CT molecular complexity index is 494. The second-order valence-corrected chi connectivity index (χ2v) is 3.46. The first-order valence-electron chi connectivity index (χ1n) is 3.90. The molecule has 6 heteroatoms. The highest BCUT2D eigenvalue weighted by Crippen LogP contribution is 2.22. The van der Waals surface area contributed by atoms with Gasteiger partial charge in [0.05, 0.1) is 10.6 Å². The van der Waals surface area contributed by atoms with Crippen LogP contribution in [0.25, 0.3) is 5.65 Å². The second kappa shape index (κ2) is 3.52. The van der Waals surface area contributed by atoms with Gasteiger partial charge in [-0.05, 0) is 11.0 Å². The van der Waals surface area contributed by atoms with E-state index in [4.69, 9.17) is 0 Å². The van der Waals surface area contributed by atoms with Gasteiger partial charge < -0.3 is 10.1 Å². The van der Waals surface area contributed by atoms with E-state index < -0.39 is 4.92 Å². The SMILES string of the molecule is O=[N+]([O-])c1c(CI)nc2ccccn12. The fourth-order valence-electron chi connectivity index (χ4n) is 1.31. The van der Waals surface area contributed by atoms with Crippen LogP contribution in [0.5, 0.6) is 0 Å². The highest BCUT2D eigenvalue weighted by molar-refractivity contribution is 14.1. The number of nitro groups is 1. The molecule has 0 N–H and O–H groups in total. The predicted octanol–water partition coefficient (Wildman–Crippen LogP) is 2.18. The van der Waals surface area contributed by atoms with E-state index >= 15 is 0 Å². The number of pyridine rings is 1. The van der Waals surface area contributed by atoms with Crippen LogP contribution >= 0.6 is 22.6 Å². The molecule has 5 nitrogen and oxygen atoms in total. The van der Waals surface area contributed by atoms with Crippen LogP contribution in [-0.4, -0.2) is 14.3 Å². The highest BCUT2D eigenvalue weighted by Gasteiger charge is 2.20. The molecule has 0 amide bonds. The Morgan fingerprint density at radius 1 is 1.57 bits per heavy atom. The number of alkyl halides is 1. The van der Waals surface area contributed by atoms with Crippen LogP contribution in [0.3, 0.4) is 0 Å². The highest BCUT2D eigenvalue weighted by atomic mass is 127. The molecule has 0 aliphatic heterocycles. The van der Waals surface area contributed by atoms with E-state index in [-0.39, 0.29) is 5.82 Å². The van der Waals surface area contributed by atoms with Crippen LogP contribution in [0.4, 0.5) is 5.82 Å². The zero-order valence-electron chi connectivity index (χ0n) is 7.05. The van der Waals surface area contributed by atoms with Gasteiger partial charge in [-0.25, -0.2) is 4.98 Å². The first-order valence-corrected chi connectivity index (χ1v) is 5.43. The van der Waals surface area contributed by atoms with Crippen molar-refractivity contribution >= 4 is 34.1 Å². The summed E-state index contributed by atoms with van der Waals surface area (Å²) in [6.45, 7) is 0. The van der Waals surface area contributed by atoms with E-state index in [0.717, 1.165) is 0 Å². The van der Waals surface area contributed by atoms with Gasteiger partial charge >= 0.3 is 5.82 Å². The molecular weight excluding hydrogens is 297 g/mol. The van der Waals surface area contributed by atoms with Crippen LogP contribution in [-0.2, 0) is 4.43 Å². The van der Waals surface area contributed by atoms with E-state index in [1.807, 2.05) is 6.07 Å². The van der Waals surface area contributed by atoms with Crippen LogP contribution < -0.4 is 0 Å². The van der Waals surface area contributed by atoms with Gasteiger partial charge in [0.1, 0.15) is 5.69 Å². The fraction of sp³-hybridized carbons (Fsp3) is 0.125. The number of nitrogens with zero attached hydrogens (tertiary/aromatic N) is 3. The lowest BCUT2D eigenvalue weighted by Gasteiger charge is -1.93. The van der Waals surface area contributed by atoms with Crippen molar-refractivity contribution < 1.29 is 4.92 Å². The molecule has 0 spiro atoms. The van der Waals surface area contributed by atoms with Crippen LogP contribution in [0.2, 0.25) is 0 Å². The molecule has 2 rings (SSSR count). The van der Waals surface area contributed by atoms with Crippen LogP contribution in [0.15, 0.2) is 24.4 Å². The molecular formula is C8H6IN3O2. The fourth-order valence-corrected chi connectivity index (χ4v) is 1.83. The molecule has 0 atom stereocenters. The Morgan fingerprint density at radius 3 is 3.00 bits per heavy atom. The van der Waals surface area contributed by atoms with Crippen molar-refractivity contribution in [3.63, 3.8) is 0 Å². The molecule has 0 fully saturated rings. The molecule has 0 saturated heterocycles. The minimum Gasteiger partial charge on any atom is -0.358 e. The number of hydrogen-bond donors (Lipinski definition) is 0. The number of aromatic nitrogens is 2. The molecule has 0 bridgehead atoms. The third kappa shape index (κ3) is 1.35. The average Bonchev–Trinajstić information content (AvgIpc) is 2.55. The third-order valence-electron chi connectivity index (χ3n) is 1.87. The van der Waals surface area contributed by atoms with E-state index in [1.165, 1.54) is 4.40 Å². The number of halogens is 1. The molecule has 2 aromatic heterocycles. The Balaban J connectivity index is 2.81. The molecule has 0 saturated carbocycles. The summed E-state index contributed by atoms with van der Waals surface area (Å²) in [5, 5.41) is 10.8. The minimum absolute atomic E-state index is 0.0648. The van der Waals surface area contributed by atoms with E-state index in [9.17, 15) is 10.1 Å². The van der Waals surface area contributed by atoms with Crippen molar-refractivity contribution in [2.45, 2.75) is 4.43 Å². The molecule has 2 aromatic rings. The van der Waals surface area contributed by atoms with Gasteiger partial charge in [0.15, 0.2) is 0 Å². The van der Waals surface area contributed by atoms with Gasteiger partial charge in [-0.3, -0.25) is 0 Å². The average molecular weight is 303 g/mol. The zero-order chi connectivity index (χ0) is 10.1. The summed E-state index contributed by atoms with van der Waals surface area (Å²) in [5.41, 5.74) is 1.13. The topological polar surface area (TPSA) is 60.4 Å². The van der Waals surface area contributed by atoms with Crippen molar-refractivity contribution in [1.29, 1.82) is 0 Å². The Morgan fingerprint density at radius 2 is 2.36 bits per heavy atom. The van der Waals surface area contributed by atoms with Gasteiger partial charge in [-0.1, -0.05) is 28.7 Å². The van der Waals surface area contributed by atoms with E-state index in [0.29, 0.717) is 15.8 Å². The third-order valence-corrected chi connectivity index (χ3v) is 2.60. The maximum atomic E-state index is 10.8. The summed E-state index contributed by atoms with van der Waals surface area (Å²) in [6, 6.07) is 5.31. The summed E-state index contributed by atoms with van der Waals surface area (Å²) in [4.78, 5) is 14.6. The van der Waals surface area contributed by atoms with Crippen LogP contribution in [0, 0.1) is 10.1 Å². The van der Waals surface area contributed by atoms with Crippen molar-refractivity contribution in [3.8, 4) is 0 Å². The summed E-state index contributed by atoms with van der Waals surface area (Å²) in [5.74, 6) is 0.0648. The molecule has 2 heterocycles. The second-order valence-electron chi connectivity index (χ2n) is 2.70. The molecule has 14 heavy (non-hydrogen) atoms. The first kappa shape index (κ1) is 9.38. The smallest absolute Gasteiger partial charge is 0.351 e. The van der Waals surface area contributed by atoms with E-state index in [2.05, 4.69) is 27.6 Å². The van der Waals surface area contributed by atoms with E-state index in [1.54, 1.807) is 18.3 Å². The van der Waals surface area contributed by atoms with Crippen molar-refractivity contribution in [1.82, 2.24) is 9.38 Å². The van der Waals surface area contributed by atoms with Crippen molar-refractivity contribution in [2.75, 3.05) is 0 Å². The number of fused-ring (bicyclic) bond motifs is 1. The summed E-state index contributed by atoms with van der Waals surface area (Å²) >= 11 is 2.07. The van der Waals surface area contributed by atoms with Gasteiger partial charge in [0.25, 0.3) is 0 Å². The number of hydrogen-bond acceptors (Lipinski definition) is 3. The molecule has 0 aliphatic carbocycles. The molecule has 72 valence electrons. The maximum Gasteiger partial charge on any atom is 0.351 e. The normalized spacial score (nSPS) is 10.6. The van der Waals surface area contributed by atoms with Gasteiger partial charge in [-0.2, -0.15) is 4.40 Å². The molecule has 0 unspecified atom stereocenters. The maximum absolute atomic E-state index is 10.8. The van der Waals surface area contributed by atoms with Crippen molar-refractivity contribution in [2.24, 2.45) is 0 Å².